The normalized spacial score (nSPS) is 11.7. The van der Waals surface area contributed by atoms with Gasteiger partial charge in [0.2, 0.25) is 5.91 Å². The van der Waals surface area contributed by atoms with E-state index in [9.17, 15) is 18.0 Å². The Bertz CT molecular complexity index is 674. The highest BCUT2D eigenvalue weighted by Crippen LogP contribution is 2.29. The second kappa shape index (κ2) is 6.84. The van der Waals surface area contributed by atoms with Crippen LogP contribution in [0.15, 0.2) is 18.3 Å². The van der Waals surface area contributed by atoms with Crippen molar-refractivity contribution in [3.63, 3.8) is 0 Å². The van der Waals surface area contributed by atoms with Crippen molar-refractivity contribution in [1.29, 1.82) is 0 Å². The maximum atomic E-state index is 12.8. The summed E-state index contributed by atoms with van der Waals surface area (Å²) in [7, 11) is 0. The molecule has 2 rings (SSSR count). The van der Waals surface area contributed by atoms with Crippen LogP contribution in [0.1, 0.15) is 23.5 Å². The van der Waals surface area contributed by atoms with Crippen LogP contribution in [-0.2, 0) is 24.1 Å². The van der Waals surface area contributed by atoms with Gasteiger partial charge in [0, 0.05) is 25.0 Å². The fourth-order valence-electron chi connectivity index (χ4n) is 2.18. The molecule has 9 heteroatoms. The third-order valence-corrected chi connectivity index (χ3v) is 3.28. The topological polar surface area (TPSA) is 64.7 Å². The van der Waals surface area contributed by atoms with Crippen molar-refractivity contribution in [2.75, 3.05) is 6.54 Å². The van der Waals surface area contributed by atoms with Crippen molar-refractivity contribution in [3.05, 3.63) is 35.4 Å². The minimum Gasteiger partial charge on any atom is -0.354 e. The molecule has 0 aliphatic heterocycles. The molecule has 0 aromatic carbocycles. The molecule has 126 valence electrons. The number of nitrogens with one attached hydrogen (secondary N) is 1. The van der Waals surface area contributed by atoms with E-state index in [0.717, 1.165) is 11.8 Å². The molecular weight excluding hydrogens is 311 g/mol. The monoisotopic (exact) mass is 329 g/mol. The van der Waals surface area contributed by atoms with Gasteiger partial charge in [-0.1, -0.05) is 0 Å². The molecule has 2 aromatic heterocycles. The van der Waals surface area contributed by atoms with Crippen LogP contribution in [-0.4, -0.2) is 32.0 Å². The van der Waals surface area contributed by atoms with Gasteiger partial charge < -0.3 is 5.32 Å². The number of carbonyl (C=O) groups excluding carboxylic acids is 1. The first-order chi connectivity index (χ1) is 10.8. The second-order valence-electron chi connectivity index (χ2n) is 5.23. The summed E-state index contributed by atoms with van der Waals surface area (Å²) >= 11 is 0. The maximum absolute atomic E-state index is 12.8. The summed E-state index contributed by atoms with van der Waals surface area (Å²) in [5.41, 5.74) is 0.315. The summed E-state index contributed by atoms with van der Waals surface area (Å²) in [4.78, 5) is 11.8. The molecule has 0 fully saturated rings. The van der Waals surface area contributed by atoms with Crippen LogP contribution in [0, 0.1) is 13.8 Å². The molecule has 0 aliphatic rings. The highest BCUT2D eigenvalue weighted by Gasteiger charge is 2.35. The largest absolute Gasteiger partial charge is 0.433 e. The van der Waals surface area contributed by atoms with E-state index in [1.807, 2.05) is 13.0 Å². The van der Waals surface area contributed by atoms with Crippen LogP contribution in [0.2, 0.25) is 0 Å². The summed E-state index contributed by atoms with van der Waals surface area (Å²) in [5.74, 6) is -0.504. The third-order valence-electron chi connectivity index (χ3n) is 3.28. The van der Waals surface area contributed by atoms with Crippen molar-refractivity contribution in [2.45, 2.75) is 39.5 Å². The van der Waals surface area contributed by atoms with Gasteiger partial charge in [0.25, 0.3) is 0 Å². The van der Waals surface area contributed by atoms with E-state index in [1.54, 1.807) is 10.9 Å². The van der Waals surface area contributed by atoms with Gasteiger partial charge >= 0.3 is 6.18 Å². The van der Waals surface area contributed by atoms with Gasteiger partial charge in [0.1, 0.15) is 12.2 Å². The Kier molecular flexibility index (Phi) is 5.07. The van der Waals surface area contributed by atoms with Crippen LogP contribution >= 0.6 is 0 Å². The lowest BCUT2D eigenvalue weighted by molar-refractivity contribution is -0.144. The van der Waals surface area contributed by atoms with Gasteiger partial charge in [-0.05, 0) is 32.4 Å². The van der Waals surface area contributed by atoms with Crippen molar-refractivity contribution in [2.24, 2.45) is 0 Å². The van der Waals surface area contributed by atoms with E-state index in [0.29, 0.717) is 24.2 Å². The van der Waals surface area contributed by atoms with Crippen LogP contribution in [0.4, 0.5) is 13.2 Å². The van der Waals surface area contributed by atoms with Crippen LogP contribution in [0.5, 0.6) is 0 Å². The number of carbonyl (C=O) groups is 1. The molecule has 0 saturated carbocycles. The molecule has 0 unspecified atom stereocenters. The summed E-state index contributed by atoms with van der Waals surface area (Å²) in [5, 5.41) is 10.4. The number of aryl methyl sites for hydroxylation is 3. The average Bonchev–Trinajstić information content (AvgIpc) is 3.00. The number of rotatable bonds is 6. The van der Waals surface area contributed by atoms with Gasteiger partial charge in [-0.3, -0.25) is 14.2 Å². The first kappa shape index (κ1) is 17.0. The summed E-state index contributed by atoms with van der Waals surface area (Å²) in [6.45, 7) is 3.91. The minimum absolute atomic E-state index is 0.222. The molecule has 0 atom stereocenters. The number of hydrogen-bond acceptors (Lipinski definition) is 3. The summed E-state index contributed by atoms with van der Waals surface area (Å²) in [6.07, 6.45) is -2.20. The molecule has 6 nitrogen and oxygen atoms in total. The van der Waals surface area contributed by atoms with Crippen molar-refractivity contribution < 1.29 is 18.0 Å². The maximum Gasteiger partial charge on any atom is 0.433 e. The Morgan fingerprint density at radius 2 is 2.04 bits per heavy atom. The smallest absolute Gasteiger partial charge is 0.354 e. The van der Waals surface area contributed by atoms with Crippen molar-refractivity contribution in [3.8, 4) is 0 Å². The lowest BCUT2D eigenvalue weighted by Gasteiger charge is -2.10. The number of alkyl halides is 3. The molecule has 23 heavy (non-hydrogen) atoms. The molecule has 0 saturated heterocycles. The van der Waals surface area contributed by atoms with Gasteiger partial charge in [-0.25, -0.2) is 0 Å². The second-order valence-corrected chi connectivity index (χ2v) is 5.23. The van der Waals surface area contributed by atoms with Crippen molar-refractivity contribution >= 4 is 5.91 Å². The first-order valence-corrected chi connectivity index (χ1v) is 7.14. The van der Waals surface area contributed by atoms with Gasteiger partial charge in [-0.2, -0.15) is 23.4 Å². The molecule has 1 N–H and O–H groups in total. The molecule has 2 aromatic rings. The van der Waals surface area contributed by atoms with E-state index in [-0.39, 0.29) is 5.69 Å². The van der Waals surface area contributed by atoms with E-state index < -0.39 is 24.3 Å². The average molecular weight is 329 g/mol. The molecule has 0 bridgehead atoms. The van der Waals surface area contributed by atoms with E-state index in [4.69, 9.17) is 0 Å². The van der Waals surface area contributed by atoms with Crippen LogP contribution < -0.4 is 5.32 Å². The number of amides is 1. The standard InChI is InChI=1S/C14H18F3N5O/c1-10-8-12(14(15,16)17)22(20-10)9-13(23)18-5-3-7-21-11(2)4-6-19-21/h4,6,8H,3,5,7,9H2,1-2H3,(H,18,23). The minimum atomic E-state index is -4.53. The number of halogens is 3. The lowest BCUT2D eigenvalue weighted by Crippen LogP contribution is -2.31. The van der Waals surface area contributed by atoms with E-state index in [1.165, 1.54) is 6.92 Å². The van der Waals surface area contributed by atoms with Gasteiger partial charge in [-0.15, -0.1) is 0 Å². The predicted octanol–water partition coefficient (Wildman–Crippen LogP) is 1.92. The number of hydrogen-bond donors (Lipinski definition) is 1. The zero-order chi connectivity index (χ0) is 17.0. The van der Waals surface area contributed by atoms with Gasteiger partial charge in [0.15, 0.2) is 0 Å². The van der Waals surface area contributed by atoms with Crippen molar-refractivity contribution in [1.82, 2.24) is 24.9 Å². The Hall–Kier alpha value is -2.32. The number of nitrogens with zero attached hydrogens (tertiary/aromatic N) is 4. The molecule has 0 spiro atoms. The van der Waals surface area contributed by atoms with E-state index in [2.05, 4.69) is 15.5 Å². The van der Waals surface area contributed by atoms with Crippen LogP contribution in [0.25, 0.3) is 0 Å². The quantitative estimate of drug-likeness (QED) is 0.824. The Labute approximate surface area is 131 Å². The fourth-order valence-corrected chi connectivity index (χ4v) is 2.18. The highest BCUT2D eigenvalue weighted by atomic mass is 19.4. The third kappa shape index (κ3) is 4.57. The van der Waals surface area contributed by atoms with Crippen LogP contribution in [0.3, 0.4) is 0 Å². The SMILES string of the molecule is Cc1cc(C(F)(F)F)n(CC(=O)NCCCn2nccc2C)n1. The Morgan fingerprint density at radius 3 is 2.65 bits per heavy atom. The zero-order valence-electron chi connectivity index (χ0n) is 12.9. The lowest BCUT2D eigenvalue weighted by atomic mass is 10.3. The Morgan fingerprint density at radius 1 is 1.30 bits per heavy atom. The molecule has 0 aliphatic carbocycles. The first-order valence-electron chi connectivity index (χ1n) is 7.14. The molecule has 0 radical (unpaired) electrons. The van der Waals surface area contributed by atoms with Gasteiger partial charge in [0.05, 0.1) is 5.69 Å². The summed E-state index contributed by atoms with van der Waals surface area (Å²) < 4.78 is 40.9. The number of aromatic nitrogens is 4. The zero-order valence-corrected chi connectivity index (χ0v) is 12.9. The fraction of sp³-hybridized carbons (Fsp3) is 0.500. The Balaban J connectivity index is 1.82. The highest BCUT2D eigenvalue weighted by molar-refractivity contribution is 5.75. The predicted molar refractivity (Wildman–Crippen MR) is 76.6 cm³/mol. The molecular formula is C14H18F3N5O. The molecule has 2 heterocycles. The van der Waals surface area contributed by atoms with E-state index >= 15 is 0 Å². The summed E-state index contributed by atoms with van der Waals surface area (Å²) in [6, 6.07) is 2.80. The molecule has 1 amide bonds.